The first-order valence-electron chi connectivity index (χ1n) is 8.45. The molecular formula is C20H22ClNO3. The number of carbonyl (C=O) groups excluding carboxylic acids is 1. The van der Waals surface area contributed by atoms with Gasteiger partial charge in [-0.2, -0.15) is 0 Å². The minimum atomic E-state index is -0.00607. The number of hydrogen-bond donors (Lipinski definition) is 1. The quantitative estimate of drug-likeness (QED) is 0.815. The van der Waals surface area contributed by atoms with Crippen LogP contribution < -0.4 is 4.74 Å². The molecule has 1 N–H and O–H groups in total. The van der Waals surface area contributed by atoms with Gasteiger partial charge in [-0.3, -0.25) is 9.69 Å². The molecule has 0 aliphatic carbocycles. The third-order valence-corrected chi connectivity index (χ3v) is 4.95. The van der Waals surface area contributed by atoms with Crippen LogP contribution >= 0.6 is 11.6 Å². The van der Waals surface area contributed by atoms with Crippen LogP contribution in [0.15, 0.2) is 42.5 Å². The summed E-state index contributed by atoms with van der Waals surface area (Å²) in [4.78, 5) is 15.1. The van der Waals surface area contributed by atoms with Crippen LogP contribution in [0.4, 0.5) is 0 Å². The molecule has 0 saturated carbocycles. The van der Waals surface area contributed by atoms with Gasteiger partial charge in [0.1, 0.15) is 11.5 Å². The molecule has 0 amide bonds. The van der Waals surface area contributed by atoms with E-state index in [1.807, 2.05) is 24.3 Å². The van der Waals surface area contributed by atoms with Gasteiger partial charge in [-0.15, -0.1) is 0 Å². The van der Waals surface area contributed by atoms with Crippen molar-refractivity contribution < 1.29 is 14.6 Å². The molecule has 2 aromatic rings. The lowest BCUT2D eigenvalue weighted by molar-refractivity contribution is 0.0811. The van der Waals surface area contributed by atoms with Crippen LogP contribution in [-0.2, 0) is 6.54 Å². The zero-order valence-electron chi connectivity index (χ0n) is 14.2. The number of phenolic OH excluding ortho intramolecular Hbond substituents is 1. The van der Waals surface area contributed by atoms with Crippen LogP contribution in [0, 0.1) is 5.92 Å². The van der Waals surface area contributed by atoms with E-state index in [0.717, 1.165) is 38.0 Å². The number of Topliss-reactive ketones (excluding diaryl/α,β-unsaturated/α-hetero) is 1. The standard InChI is InChI=1S/C20H22ClNO3/c1-25-17-6-2-4-15(11-17)20(24)16-5-3-9-22(13-16)12-14-7-8-19(23)18(21)10-14/h2,4,6-8,10-11,16,23H,3,5,9,12-13H2,1H3. The van der Waals surface area contributed by atoms with Crippen molar-refractivity contribution in [3.8, 4) is 11.5 Å². The third kappa shape index (κ3) is 4.33. The highest BCUT2D eigenvalue weighted by molar-refractivity contribution is 6.32. The Hall–Kier alpha value is -2.04. The van der Waals surface area contributed by atoms with Gasteiger partial charge in [-0.05, 0) is 49.2 Å². The number of methoxy groups -OCH3 is 1. The van der Waals surface area contributed by atoms with E-state index in [1.54, 1.807) is 25.3 Å². The Labute approximate surface area is 153 Å². The van der Waals surface area contributed by atoms with Gasteiger partial charge in [-0.25, -0.2) is 0 Å². The highest BCUT2D eigenvalue weighted by Gasteiger charge is 2.26. The number of ketones is 1. The number of piperidine rings is 1. The molecule has 1 saturated heterocycles. The molecule has 0 radical (unpaired) electrons. The molecule has 0 aromatic heterocycles. The Kier molecular flexibility index (Phi) is 5.61. The zero-order chi connectivity index (χ0) is 17.8. The molecule has 1 unspecified atom stereocenters. The molecule has 1 atom stereocenters. The number of ether oxygens (including phenoxy) is 1. The van der Waals surface area contributed by atoms with Crippen molar-refractivity contribution in [2.24, 2.45) is 5.92 Å². The number of phenols is 1. The van der Waals surface area contributed by atoms with Crippen LogP contribution in [-0.4, -0.2) is 36.0 Å². The lowest BCUT2D eigenvalue weighted by atomic mass is 9.89. The maximum atomic E-state index is 12.8. The van der Waals surface area contributed by atoms with Crippen molar-refractivity contribution in [1.82, 2.24) is 4.90 Å². The summed E-state index contributed by atoms with van der Waals surface area (Å²) >= 11 is 5.98. The predicted octanol–water partition coefficient (Wildman–Crippen LogP) is 4.15. The highest BCUT2D eigenvalue weighted by Crippen LogP contribution is 2.27. The Bertz CT molecular complexity index is 762. The van der Waals surface area contributed by atoms with Crippen molar-refractivity contribution in [2.45, 2.75) is 19.4 Å². The summed E-state index contributed by atoms with van der Waals surface area (Å²) in [5.74, 6) is 0.966. The Balaban J connectivity index is 1.67. The van der Waals surface area contributed by atoms with Gasteiger partial charge in [0.15, 0.2) is 5.78 Å². The first-order valence-corrected chi connectivity index (χ1v) is 8.82. The summed E-state index contributed by atoms with van der Waals surface area (Å²) in [6, 6.07) is 12.6. The molecular weight excluding hydrogens is 338 g/mol. The fourth-order valence-corrected chi connectivity index (χ4v) is 3.54. The van der Waals surface area contributed by atoms with Crippen molar-refractivity contribution in [2.75, 3.05) is 20.2 Å². The first kappa shape index (κ1) is 17.8. The second-order valence-electron chi connectivity index (χ2n) is 6.46. The minimum absolute atomic E-state index is 0.00607. The number of hydrogen-bond acceptors (Lipinski definition) is 4. The van der Waals surface area contributed by atoms with Gasteiger partial charge < -0.3 is 9.84 Å². The normalized spacial score (nSPS) is 18.1. The van der Waals surface area contributed by atoms with Gasteiger partial charge >= 0.3 is 0 Å². The van der Waals surface area contributed by atoms with Crippen LogP contribution in [0.3, 0.4) is 0 Å². The van der Waals surface area contributed by atoms with E-state index in [4.69, 9.17) is 16.3 Å². The van der Waals surface area contributed by atoms with Crippen molar-refractivity contribution >= 4 is 17.4 Å². The van der Waals surface area contributed by atoms with E-state index in [1.165, 1.54) is 0 Å². The summed E-state index contributed by atoms with van der Waals surface area (Å²) in [6.07, 6.45) is 1.90. The van der Waals surface area contributed by atoms with E-state index < -0.39 is 0 Å². The van der Waals surface area contributed by atoms with E-state index >= 15 is 0 Å². The molecule has 132 valence electrons. The summed E-state index contributed by atoms with van der Waals surface area (Å²) in [6.45, 7) is 2.41. The van der Waals surface area contributed by atoms with Crippen molar-refractivity contribution in [3.05, 3.63) is 58.6 Å². The molecule has 1 aliphatic rings. The molecule has 25 heavy (non-hydrogen) atoms. The molecule has 0 spiro atoms. The van der Waals surface area contributed by atoms with E-state index in [0.29, 0.717) is 16.3 Å². The number of rotatable bonds is 5. The lowest BCUT2D eigenvalue weighted by Crippen LogP contribution is -2.38. The van der Waals surface area contributed by atoms with E-state index in [-0.39, 0.29) is 17.5 Å². The highest BCUT2D eigenvalue weighted by atomic mass is 35.5. The summed E-state index contributed by atoms with van der Waals surface area (Å²) in [7, 11) is 1.61. The number of benzene rings is 2. The zero-order valence-corrected chi connectivity index (χ0v) is 15.0. The fraction of sp³-hybridized carbons (Fsp3) is 0.350. The number of carbonyl (C=O) groups is 1. The molecule has 3 rings (SSSR count). The number of likely N-dealkylation sites (tertiary alicyclic amines) is 1. The topological polar surface area (TPSA) is 49.8 Å². The Morgan fingerprint density at radius 2 is 2.16 bits per heavy atom. The van der Waals surface area contributed by atoms with Gasteiger partial charge in [0.25, 0.3) is 0 Å². The maximum absolute atomic E-state index is 12.8. The molecule has 0 bridgehead atoms. The average molecular weight is 360 g/mol. The van der Waals surface area contributed by atoms with Gasteiger partial charge in [0.05, 0.1) is 12.1 Å². The first-order chi connectivity index (χ1) is 12.1. The molecule has 1 heterocycles. The predicted molar refractivity (Wildman–Crippen MR) is 98.4 cm³/mol. The second-order valence-corrected chi connectivity index (χ2v) is 6.86. The fourth-order valence-electron chi connectivity index (χ4n) is 3.33. The van der Waals surface area contributed by atoms with Gasteiger partial charge in [-0.1, -0.05) is 29.8 Å². The van der Waals surface area contributed by atoms with E-state index in [9.17, 15) is 9.90 Å². The van der Waals surface area contributed by atoms with Crippen LogP contribution in [0.2, 0.25) is 5.02 Å². The van der Waals surface area contributed by atoms with E-state index in [2.05, 4.69) is 4.90 Å². The molecule has 1 fully saturated rings. The summed E-state index contributed by atoms with van der Waals surface area (Å²) < 4.78 is 5.22. The summed E-state index contributed by atoms with van der Waals surface area (Å²) in [5, 5.41) is 9.89. The minimum Gasteiger partial charge on any atom is -0.506 e. The number of halogens is 1. The van der Waals surface area contributed by atoms with Crippen LogP contribution in [0.25, 0.3) is 0 Å². The van der Waals surface area contributed by atoms with Crippen molar-refractivity contribution in [3.63, 3.8) is 0 Å². The smallest absolute Gasteiger partial charge is 0.167 e. The monoisotopic (exact) mass is 359 g/mol. The third-order valence-electron chi connectivity index (χ3n) is 4.65. The SMILES string of the molecule is COc1cccc(C(=O)C2CCCN(Cc3ccc(O)c(Cl)c3)C2)c1. The largest absolute Gasteiger partial charge is 0.506 e. The lowest BCUT2D eigenvalue weighted by Gasteiger charge is -2.32. The Morgan fingerprint density at radius 3 is 2.92 bits per heavy atom. The van der Waals surface area contributed by atoms with Crippen molar-refractivity contribution in [1.29, 1.82) is 0 Å². The van der Waals surface area contributed by atoms with Gasteiger partial charge in [0, 0.05) is 24.6 Å². The Morgan fingerprint density at radius 1 is 1.32 bits per heavy atom. The van der Waals surface area contributed by atoms with Crippen LogP contribution in [0.5, 0.6) is 11.5 Å². The van der Waals surface area contributed by atoms with Crippen LogP contribution in [0.1, 0.15) is 28.8 Å². The number of nitrogens with zero attached hydrogens (tertiary/aromatic N) is 1. The molecule has 1 aliphatic heterocycles. The molecule has 4 nitrogen and oxygen atoms in total. The maximum Gasteiger partial charge on any atom is 0.167 e. The number of aromatic hydroxyl groups is 1. The second kappa shape index (κ2) is 7.89. The van der Waals surface area contributed by atoms with Gasteiger partial charge in [0.2, 0.25) is 0 Å². The summed E-state index contributed by atoms with van der Waals surface area (Å²) in [5.41, 5.74) is 1.75. The molecule has 5 heteroatoms. The molecule has 2 aromatic carbocycles. The average Bonchev–Trinajstić information content (AvgIpc) is 2.64.